The Kier molecular flexibility index (Phi) is 5.93. The second-order valence-electron chi connectivity index (χ2n) is 6.32. The van der Waals surface area contributed by atoms with Gasteiger partial charge in [-0.25, -0.2) is 9.29 Å². The number of benzene rings is 2. The highest BCUT2D eigenvalue weighted by Crippen LogP contribution is 2.29. The third-order valence-corrected chi connectivity index (χ3v) is 4.92. The molecule has 2 aromatic carbocycles. The number of carbonyl (C=O) groups excluding carboxylic acids is 2. The number of carbonyl (C=O) groups is 2. The highest BCUT2D eigenvalue weighted by Gasteiger charge is 2.35. The van der Waals surface area contributed by atoms with Crippen molar-refractivity contribution in [2.24, 2.45) is 0 Å². The minimum absolute atomic E-state index is 0.0606. The van der Waals surface area contributed by atoms with E-state index in [2.05, 4.69) is 5.32 Å². The number of thiocarbonyl (C=S) groups is 1. The Morgan fingerprint density at radius 1 is 1.17 bits per heavy atom. The molecule has 1 fully saturated rings. The molecule has 0 radical (unpaired) electrons. The van der Waals surface area contributed by atoms with Gasteiger partial charge in [-0.2, -0.15) is 0 Å². The van der Waals surface area contributed by atoms with Gasteiger partial charge in [0.1, 0.15) is 17.1 Å². The van der Waals surface area contributed by atoms with Crippen molar-refractivity contribution >= 4 is 46.6 Å². The van der Waals surface area contributed by atoms with Crippen molar-refractivity contribution in [2.75, 3.05) is 22.9 Å². The standard InChI is InChI=1S/C21H20FN3O3S/c1-3-24(4-2)14-10-9-13(18(26)12-14)11-15-19(27)23-21(29)25(20(15)28)17-8-6-5-7-16(17)22/h5-12,26H,3-4H2,1-2H3,(H,23,27,29)/b15-11-. The first kappa shape index (κ1) is 20.5. The van der Waals surface area contributed by atoms with Crippen LogP contribution in [0.3, 0.4) is 0 Å². The smallest absolute Gasteiger partial charge is 0.270 e. The van der Waals surface area contributed by atoms with Crippen molar-refractivity contribution in [1.82, 2.24) is 5.32 Å². The number of hydrogen-bond donors (Lipinski definition) is 2. The first-order valence-corrected chi connectivity index (χ1v) is 9.52. The number of hydrogen-bond acceptors (Lipinski definition) is 5. The first-order valence-electron chi connectivity index (χ1n) is 9.11. The highest BCUT2D eigenvalue weighted by atomic mass is 32.1. The van der Waals surface area contributed by atoms with Crippen LogP contribution in [0.25, 0.3) is 6.08 Å². The van der Waals surface area contributed by atoms with Gasteiger partial charge >= 0.3 is 0 Å². The van der Waals surface area contributed by atoms with Gasteiger partial charge in [0.25, 0.3) is 11.8 Å². The molecule has 2 amide bonds. The first-order chi connectivity index (χ1) is 13.9. The zero-order chi connectivity index (χ0) is 21.1. The maximum Gasteiger partial charge on any atom is 0.270 e. The number of para-hydroxylation sites is 1. The molecule has 0 aliphatic carbocycles. The zero-order valence-electron chi connectivity index (χ0n) is 16.0. The van der Waals surface area contributed by atoms with Gasteiger partial charge < -0.3 is 10.0 Å². The number of rotatable bonds is 5. The Morgan fingerprint density at radius 3 is 2.48 bits per heavy atom. The molecule has 1 saturated heterocycles. The number of halogens is 1. The summed E-state index contributed by atoms with van der Waals surface area (Å²) in [5.41, 5.74) is 0.797. The monoisotopic (exact) mass is 413 g/mol. The summed E-state index contributed by atoms with van der Waals surface area (Å²) < 4.78 is 14.2. The molecule has 2 aromatic rings. The molecule has 0 bridgehead atoms. The Morgan fingerprint density at radius 2 is 1.86 bits per heavy atom. The van der Waals surface area contributed by atoms with Gasteiger partial charge in [0.2, 0.25) is 0 Å². The van der Waals surface area contributed by atoms with Gasteiger partial charge in [-0.3, -0.25) is 14.9 Å². The number of anilines is 2. The zero-order valence-corrected chi connectivity index (χ0v) is 16.8. The van der Waals surface area contributed by atoms with Crippen LogP contribution in [0, 0.1) is 5.82 Å². The van der Waals surface area contributed by atoms with Crippen LogP contribution in [0.1, 0.15) is 19.4 Å². The molecule has 0 unspecified atom stereocenters. The molecule has 1 heterocycles. The largest absolute Gasteiger partial charge is 0.507 e. The molecule has 0 atom stereocenters. The maximum atomic E-state index is 14.2. The lowest BCUT2D eigenvalue weighted by Gasteiger charge is -2.29. The number of nitrogens with zero attached hydrogens (tertiary/aromatic N) is 2. The van der Waals surface area contributed by atoms with Gasteiger partial charge in [-0.05, 0) is 56.4 Å². The van der Waals surface area contributed by atoms with Crippen molar-refractivity contribution in [3.8, 4) is 5.75 Å². The molecule has 1 aliphatic rings. The summed E-state index contributed by atoms with van der Waals surface area (Å²) in [6.45, 7) is 5.54. The van der Waals surface area contributed by atoms with Crippen molar-refractivity contribution in [2.45, 2.75) is 13.8 Å². The number of phenols is 1. The molecule has 8 heteroatoms. The van der Waals surface area contributed by atoms with Crippen molar-refractivity contribution in [3.05, 3.63) is 59.4 Å². The predicted octanol–water partition coefficient (Wildman–Crippen LogP) is 3.21. The van der Waals surface area contributed by atoms with Crippen LogP contribution in [-0.4, -0.2) is 35.1 Å². The molecule has 1 aliphatic heterocycles. The van der Waals surface area contributed by atoms with E-state index in [9.17, 15) is 19.1 Å². The summed E-state index contributed by atoms with van der Waals surface area (Å²) in [5.74, 6) is -2.20. The molecule has 0 aromatic heterocycles. The normalized spacial score (nSPS) is 15.6. The molecule has 29 heavy (non-hydrogen) atoms. The third kappa shape index (κ3) is 3.97. The van der Waals surface area contributed by atoms with Gasteiger partial charge in [0, 0.05) is 30.4 Å². The predicted molar refractivity (Wildman–Crippen MR) is 114 cm³/mol. The lowest BCUT2D eigenvalue weighted by molar-refractivity contribution is -0.122. The SMILES string of the molecule is CCN(CC)c1ccc(/C=C2/C(=O)NC(=S)N(c3ccccc3F)C2=O)c(O)c1. The fraction of sp³-hybridized carbons (Fsp3) is 0.190. The van der Waals surface area contributed by atoms with Crippen LogP contribution in [-0.2, 0) is 9.59 Å². The van der Waals surface area contributed by atoms with Gasteiger partial charge in [-0.15, -0.1) is 0 Å². The fourth-order valence-corrected chi connectivity index (χ4v) is 3.38. The van der Waals surface area contributed by atoms with E-state index in [4.69, 9.17) is 12.2 Å². The van der Waals surface area contributed by atoms with Crippen LogP contribution < -0.4 is 15.1 Å². The van der Waals surface area contributed by atoms with E-state index >= 15 is 0 Å². The van der Waals surface area contributed by atoms with Crippen LogP contribution in [0.4, 0.5) is 15.8 Å². The lowest BCUT2D eigenvalue weighted by Crippen LogP contribution is -2.54. The second kappa shape index (κ2) is 8.40. The Labute approximate surface area is 173 Å². The second-order valence-corrected chi connectivity index (χ2v) is 6.71. The molecule has 0 spiro atoms. The summed E-state index contributed by atoms with van der Waals surface area (Å²) in [6.07, 6.45) is 1.27. The minimum Gasteiger partial charge on any atom is -0.507 e. The number of aromatic hydroxyl groups is 1. The fourth-order valence-electron chi connectivity index (χ4n) is 3.10. The van der Waals surface area contributed by atoms with Crippen molar-refractivity contribution in [3.63, 3.8) is 0 Å². The van der Waals surface area contributed by atoms with E-state index < -0.39 is 17.6 Å². The average molecular weight is 413 g/mol. The van der Waals surface area contributed by atoms with Crippen molar-refractivity contribution in [1.29, 1.82) is 0 Å². The molecule has 2 N–H and O–H groups in total. The number of nitrogens with one attached hydrogen (secondary N) is 1. The van der Waals surface area contributed by atoms with Crippen LogP contribution in [0.15, 0.2) is 48.0 Å². The summed E-state index contributed by atoms with van der Waals surface area (Å²) in [7, 11) is 0. The number of phenolic OH excluding ortho intramolecular Hbond substituents is 1. The van der Waals surface area contributed by atoms with E-state index in [-0.39, 0.29) is 22.1 Å². The molecule has 6 nitrogen and oxygen atoms in total. The molecule has 150 valence electrons. The summed E-state index contributed by atoms with van der Waals surface area (Å²) >= 11 is 5.06. The minimum atomic E-state index is -0.768. The Balaban J connectivity index is 2.00. The molecule has 0 saturated carbocycles. The van der Waals surface area contributed by atoms with Gasteiger partial charge in [0.05, 0.1) is 5.69 Å². The quantitative estimate of drug-likeness (QED) is 0.447. The summed E-state index contributed by atoms with van der Waals surface area (Å²) in [4.78, 5) is 28.3. The maximum absolute atomic E-state index is 14.2. The van der Waals surface area contributed by atoms with E-state index in [0.717, 1.165) is 23.7 Å². The molecular weight excluding hydrogens is 393 g/mol. The van der Waals surface area contributed by atoms with Crippen LogP contribution >= 0.6 is 12.2 Å². The van der Waals surface area contributed by atoms with Crippen LogP contribution in [0.5, 0.6) is 5.75 Å². The van der Waals surface area contributed by atoms with E-state index in [1.165, 1.54) is 24.3 Å². The molecular formula is C21H20FN3O3S. The van der Waals surface area contributed by atoms with Gasteiger partial charge in [0.15, 0.2) is 5.11 Å². The highest BCUT2D eigenvalue weighted by molar-refractivity contribution is 7.80. The average Bonchev–Trinajstić information content (AvgIpc) is 2.69. The van der Waals surface area contributed by atoms with Crippen LogP contribution in [0.2, 0.25) is 0 Å². The topological polar surface area (TPSA) is 72.9 Å². The summed E-state index contributed by atoms with van der Waals surface area (Å²) in [5, 5.41) is 12.6. The number of amides is 2. The lowest BCUT2D eigenvalue weighted by atomic mass is 10.1. The Bertz CT molecular complexity index is 1020. The van der Waals surface area contributed by atoms with Crippen molar-refractivity contribution < 1.29 is 19.1 Å². The Hall–Kier alpha value is -3.26. The van der Waals surface area contributed by atoms with Gasteiger partial charge in [-0.1, -0.05) is 12.1 Å². The molecule has 3 rings (SSSR count). The third-order valence-electron chi connectivity index (χ3n) is 4.64. The van der Waals surface area contributed by atoms with E-state index in [1.54, 1.807) is 24.3 Å². The van der Waals surface area contributed by atoms with E-state index in [0.29, 0.717) is 5.56 Å². The van der Waals surface area contributed by atoms with E-state index in [1.807, 2.05) is 18.7 Å². The summed E-state index contributed by atoms with van der Waals surface area (Å²) in [6, 6.07) is 10.6.